The highest BCUT2D eigenvalue weighted by Gasteiger charge is 2.29. The number of sulfonamides is 1. The number of likely N-dealkylation sites (N-methyl/N-ethyl adjacent to an activating group) is 1. The lowest BCUT2D eigenvalue weighted by Crippen LogP contribution is -2.50. The van der Waals surface area contributed by atoms with E-state index in [2.05, 4.69) is 37.2 Å². The van der Waals surface area contributed by atoms with Gasteiger partial charge in [-0.05, 0) is 55.3 Å². The number of anilines is 1. The zero-order chi connectivity index (χ0) is 23.3. The first-order chi connectivity index (χ1) is 14.4. The number of amides is 2. The van der Waals surface area contributed by atoms with E-state index in [0.29, 0.717) is 5.69 Å². The van der Waals surface area contributed by atoms with Gasteiger partial charge < -0.3 is 10.2 Å². The molecule has 0 spiro atoms. The summed E-state index contributed by atoms with van der Waals surface area (Å²) in [6.07, 6.45) is 1.05. The zero-order valence-electron chi connectivity index (χ0n) is 17.7. The second-order valence-electron chi connectivity index (χ2n) is 7.14. The van der Waals surface area contributed by atoms with Gasteiger partial charge in [-0.3, -0.25) is 13.9 Å². The number of rotatable bonds is 8. The summed E-state index contributed by atoms with van der Waals surface area (Å²) >= 11 is 6.77. The van der Waals surface area contributed by atoms with Gasteiger partial charge in [0, 0.05) is 22.5 Å². The lowest BCUT2D eigenvalue weighted by Gasteiger charge is -2.31. The molecule has 2 amide bonds. The number of halogens is 2. The van der Waals surface area contributed by atoms with Gasteiger partial charge in [-0.2, -0.15) is 0 Å². The molecule has 0 bridgehead atoms. The summed E-state index contributed by atoms with van der Waals surface area (Å²) in [6.45, 7) is 3.20. The second-order valence-corrected chi connectivity index (χ2v) is 10.8. The van der Waals surface area contributed by atoms with Crippen molar-refractivity contribution in [3.8, 4) is 0 Å². The molecule has 7 nitrogen and oxygen atoms in total. The predicted octanol–water partition coefficient (Wildman–Crippen LogP) is 3.45. The molecule has 1 atom stereocenters. The van der Waals surface area contributed by atoms with E-state index >= 15 is 0 Å². The van der Waals surface area contributed by atoms with Crippen LogP contribution in [-0.4, -0.2) is 51.0 Å². The van der Waals surface area contributed by atoms with Crippen molar-refractivity contribution in [1.82, 2.24) is 10.2 Å². The number of hydrogen-bond donors (Lipinski definition) is 1. The Balaban J connectivity index is 2.39. The molecule has 0 aromatic heterocycles. The maximum absolute atomic E-state index is 13.3. The summed E-state index contributed by atoms with van der Waals surface area (Å²) in [6, 6.07) is 11.6. The fourth-order valence-electron chi connectivity index (χ4n) is 2.98. The molecular formula is C21H25Br2N3O4S. The van der Waals surface area contributed by atoms with E-state index in [-0.39, 0.29) is 12.5 Å². The Morgan fingerprint density at radius 2 is 1.71 bits per heavy atom. The van der Waals surface area contributed by atoms with Gasteiger partial charge in [0.2, 0.25) is 21.8 Å². The van der Waals surface area contributed by atoms with Crippen LogP contribution in [0.25, 0.3) is 0 Å². The van der Waals surface area contributed by atoms with Crippen molar-refractivity contribution < 1.29 is 18.0 Å². The molecule has 10 heteroatoms. The largest absolute Gasteiger partial charge is 0.357 e. The standard InChI is InChI=1S/C21H25Br2N3O4S/c1-14-11-18(9-10-19(14)23)26(31(4,29)30)13-20(27)25(15(2)21(28)24-3)12-16-5-7-17(22)8-6-16/h5-11,15H,12-13H2,1-4H3,(H,24,28). The molecule has 168 valence electrons. The average molecular weight is 575 g/mol. The van der Waals surface area contributed by atoms with Crippen LogP contribution in [-0.2, 0) is 26.2 Å². The molecule has 0 aliphatic carbocycles. The quantitative estimate of drug-likeness (QED) is 0.523. The first-order valence-corrected chi connectivity index (χ1v) is 12.9. The fraction of sp³-hybridized carbons (Fsp3) is 0.333. The van der Waals surface area contributed by atoms with Gasteiger partial charge >= 0.3 is 0 Å². The van der Waals surface area contributed by atoms with Crippen molar-refractivity contribution in [2.24, 2.45) is 0 Å². The van der Waals surface area contributed by atoms with Gasteiger partial charge in [-0.25, -0.2) is 8.42 Å². The summed E-state index contributed by atoms with van der Waals surface area (Å²) in [4.78, 5) is 26.9. The fourth-order valence-corrected chi connectivity index (χ4v) is 4.33. The van der Waals surface area contributed by atoms with E-state index < -0.39 is 28.5 Å². The molecule has 0 aliphatic heterocycles. The molecule has 0 saturated carbocycles. The van der Waals surface area contributed by atoms with Crippen LogP contribution in [0.3, 0.4) is 0 Å². The number of benzene rings is 2. The number of nitrogens with one attached hydrogen (secondary N) is 1. The highest BCUT2D eigenvalue weighted by atomic mass is 79.9. The molecule has 1 N–H and O–H groups in total. The zero-order valence-corrected chi connectivity index (χ0v) is 21.7. The van der Waals surface area contributed by atoms with Crippen LogP contribution in [0.15, 0.2) is 51.4 Å². The van der Waals surface area contributed by atoms with E-state index in [1.807, 2.05) is 31.2 Å². The Morgan fingerprint density at radius 3 is 2.23 bits per heavy atom. The Kier molecular flexibility index (Phi) is 8.67. The van der Waals surface area contributed by atoms with Crippen molar-refractivity contribution >= 4 is 59.4 Å². The maximum Gasteiger partial charge on any atom is 0.244 e. The van der Waals surface area contributed by atoms with Crippen LogP contribution >= 0.6 is 31.9 Å². The topological polar surface area (TPSA) is 86.8 Å². The van der Waals surface area contributed by atoms with Gasteiger partial charge in [0.15, 0.2) is 0 Å². The first kappa shape index (κ1) is 25.4. The summed E-state index contributed by atoms with van der Waals surface area (Å²) in [7, 11) is -2.25. The van der Waals surface area contributed by atoms with Crippen LogP contribution < -0.4 is 9.62 Å². The molecule has 2 aromatic carbocycles. The molecule has 2 aromatic rings. The first-order valence-electron chi connectivity index (χ1n) is 9.43. The molecular weight excluding hydrogens is 550 g/mol. The third kappa shape index (κ3) is 6.78. The van der Waals surface area contributed by atoms with Crippen LogP contribution in [0.1, 0.15) is 18.1 Å². The summed E-state index contributed by atoms with van der Waals surface area (Å²) in [5, 5.41) is 2.55. The lowest BCUT2D eigenvalue weighted by molar-refractivity contribution is -0.139. The summed E-state index contributed by atoms with van der Waals surface area (Å²) in [5.74, 6) is -0.819. The van der Waals surface area contributed by atoms with Crippen molar-refractivity contribution in [2.45, 2.75) is 26.4 Å². The van der Waals surface area contributed by atoms with Gasteiger partial charge in [0.05, 0.1) is 11.9 Å². The molecule has 31 heavy (non-hydrogen) atoms. The maximum atomic E-state index is 13.3. The number of carbonyl (C=O) groups is 2. The summed E-state index contributed by atoms with van der Waals surface area (Å²) in [5.41, 5.74) is 2.04. The minimum atomic E-state index is -3.74. The Hall–Kier alpha value is -1.91. The highest BCUT2D eigenvalue weighted by Crippen LogP contribution is 2.25. The molecule has 2 rings (SSSR count). The highest BCUT2D eigenvalue weighted by molar-refractivity contribution is 9.10. The van der Waals surface area contributed by atoms with E-state index in [0.717, 1.165) is 30.6 Å². The normalized spacial score (nSPS) is 12.2. The SMILES string of the molecule is CNC(=O)C(C)N(Cc1ccc(Br)cc1)C(=O)CN(c1ccc(Br)c(C)c1)S(C)(=O)=O. The van der Waals surface area contributed by atoms with Crippen molar-refractivity contribution in [1.29, 1.82) is 0 Å². The minimum absolute atomic E-state index is 0.164. The second kappa shape index (κ2) is 10.6. The molecule has 0 fully saturated rings. The number of nitrogens with zero attached hydrogens (tertiary/aromatic N) is 2. The Morgan fingerprint density at radius 1 is 1.10 bits per heavy atom. The van der Waals surface area contributed by atoms with Crippen LogP contribution in [0.2, 0.25) is 0 Å². The Labute approximate surface area is 200 Å². The van der Waals surface area contributed by atoms with Crippen LogP contribution in [0, 0.1) is 6.92 Å². The number of hydrogen-bond acceptors (Lipinski definition) is 4. The van der Waals surface area contributed by atoms with Crippen molar-refractivity contribution in [2.75, 3.05) is 24.2 Å². The van der Waals surface area contributed by atoms with E-state index in [9.17, 15) is 18.0 Å². The minimum Gasteiger partial charge on any atom is -0.357 e. The smallest absolute Gasteiger partial charge is 0.244 e. The predicted molar refractivity (Wildman–Crippen MR) is 129 cm³/mol. The lowest BCUT2D eigenvalue weighted by atomic mass is 10.1. The Bertz CT molecular complexity index is 1060. The third-order valence-corrected chi connectivity index (χ3v) is 7.35. The van der Waals surface area contributed by atoms with E-state index in [1.54, 1.807) is 25.1 Å². The van der Waals surface area contributed by atoms with Crippen LogP contribution in [0.4, 0.5) is 5.69 Å². The molecule has 0 saturated heterocycles. The van der Waals surface area contributed by atoms with Crippen LogP contribution in [0.5, 0.6) is 0 Å². The monoisotopic (exact) mass is 573 g/mol. The average Bonchev–Trinajstić information content (AvgIpc) is 2.71. The van der Waals surface area contributed by atoms with E-state index in [4.69, 9.17) is 0 Å². The van der Waals surface area contributed by atoms with Crippen molar-refractivity contribution in [3.63, 3.8) is 0 Å². The number of aryl methyl sites for hydroxylation is 1. The third-order valence-electron chi connectivity index (χ3n) is 4.79. The van der Waals surface area contributed by atoms with E-state index in [1.165, 1.54) is 11.9 Å². The van der Waals surface area contributed by atoms with Gasteiger partial charge in [-0.1, -0.05) is 44.0 Å². The molecule has 1 unspecified atom stereocenters. The number of carbonyl (C=O) groups excluding carboxylic acids is 2. The van der Waals surface area contributed by atoms with Crippen molar-refractivity contribution in [3.05, 3.63) is 62.5 Å². The summed E-state index contributed by atoms with van der Waals surface area (Å²) < 4.78 is 27.8. The van der Waals surface area contributed by atoms with Gasteiger partial charge in [-0.15, -0.1) is 0 Å². The van der Waals surface area contributed by atoms with Gasteiger partial charge in [0.25, 0.3) is 0 Å². The molecule has 0 heterocycles. The van der Waals surface area contributed by atoms with Gasteiger partial charge in [0.1, 0.15) is 12.6 Å². The molecule has 0 radical (unpaired) electrons. The molecule has 0 aliphatic rings.